The van der Waals surface area contributed by atoms with E-state index in [2.05, 4.69) is 5.32 Å². The maximum Gasteiger partial charge on any atom is 0.416 e. The van der Waals surface area contributed by atoms with Crippen LogP contribution in [-0.2, 0) is 12.6 Å². The van der Waals surface area contributed by atoms with Crippen molar-refractivity contribution >= 4 is 0 Å². The third-order valence-corrected chi connectivity index (χ3v) is 3.23. The van der Waals surface area contributed by atoms with Crippen molar-refractivity contribution in [1.82, 2.24) is 5.32 Å². The fourth-order valence-corrected chi connectivity index (χ4v) is 2.38. The summed E-state index contributed by atoms with van der Waals surface area (Å²) in [4.78, 5) is 0. The SMILES string of the molecule is FC(F)(F)c1ccccc1CC1CCCNC1. The third-order valence-electron chi connectivity index (χ3n) is 3.23. The number of hydrogen-bond acceptors (Lipinski definition) is 1. The summed E-state index contributed by atoms with van der Waals surface area (Å²) in [6.45, 7) is 1.81. The van der Waals surface area contributed by atoms with Crippen LogP contribution in [0.4, 0.5) is 13.2 Å². The standard InChI is InChI=1S/C13H16F3N/c14-13(15,16)12-6-2-1-5-11(12)8-10-4-3-7-17-9-10/h1-2,5-6,10,17H,3-4,7-9H2. The molecule has 0 aliphatic carbocycles. The van der Waals surface area contributed by atoms with Gasteiger partial charge in [0.1, 0.15) is 0 Å². The molecule has 1 atom stereocenters. The molecular formula is C13H16F3N. The minimum Gasteiger partial charge on any atom is -0.316 e. The van der Waals surface area contributed by atoms with Crippen molar-refractivity contribution < 1.29 is 13.2 Å². The van der Waals surface area contributed by atoms with Gasteiger partial charge in [0.05, 0.1) is 5.56 Å². The van der Waals surface area contributed by atoms with Gasteiger partial charge in [-0.25, -0.2) is 0 Å². The topological polar surface area (TPSA) is 12.0 Å². The van der Waals surface area contributed by atoms with Crippen LogP contribution < -0.4 is 5.32 Å². The summed E-state index contributed by atoms with van der Waals surface area (Å²) in [6.07, 6.45) is -1.65. The fourth-order valence-electron chi connectivity index (χ4n) is 2.38. The number of halogens is 3. The Kier molecular flexibility index (Phi) is 3.72. The second-order valence-electron chi connectivity index (χ2n) is 4.57. The van der Waals surface area contributed by atoms with E-state index in [0.717, 1.165) is 25.9 Å². The number of benzene rings is 1. The van der Waals surface area contributed by atoms with Gasteiger partial charge < -0.3 is 5.32 Å². The highest BCUT2D eigenvalue weighted by molar-refractivity contribution is 5.30. The van der Waals surface area contributed by atoms with Gasteiger partial charge in [0.15, 0.2) is 0 Å². The Balaban J connectivity index is 2.14. The maximum atomic E-state index is 12.8. The van der Waals surface area contributed by atoms with E-state index in [1.807, 2.05) is 0 Å². The van der Waals surface area contributed by atoms with Crippen LogP contribution in [0, 0.1) is 5.92 Å². The molecule has 4 heteroatoms. The number of piperidine rings is 1. The van der Waals surface area contributed by atoms with Crippen molar-refractivity contribution in [1.29, 1.82) is 0 Å². The zero-order valence-electron chi connectivity index (χ0n) is 9.56. The minimum atomic E-state index is -4.24. The molecule has 0 amide bonds. The summed E-state index contributed by atoms with van der Waals surface area (Å²) >= 11 is 0. The minimum absolute atomic E-state index is 0.326. The summed E-state index contributed by atoms with van der Waals surface area (Å²) < 4.78 is 38.4. The van der Waals surface area contributed by atoms with Crippen LogP contribution in [0.3, 0.4) is 0 Å². The van der Waals surface area contributed by atoms with Gasteiger partial charge in [0.25, 0.3) is 0 Å². The van der Waals surface area contributed by atoms with Gasteiger partial charge in [-0.1, -0.05) is 18.2 Å². The molecule has 0 radical (unpaired) electrons. The van der Waals surface area contributed by atoms with Gasteiger partial charge in [0, 0.05) is 0 Å². The number of hydrogen-bond donors (Lipinski definition) is 1. The summed E-state index contributed by atoms with van der Waals surface area (Å²) in [5.41, 5.74) is -0.0562. The van der Waals surface area contributed by atoms with Gasteiger partial charge in [0.2, 0.25) is 0 Å². The summed E-state index contributed by atoms with van der Waals surface area (Å²) in [5, 5.41) is 3.23. The van der Waals surface area contributed by atoms with Crippen LogP contribution in [0.1, 0.15) is 24.0 Å². The highest BCUT2D eigenvalue weighted by Gasteiger charge is 2.33. The smallest absolute Gasteiger partial charge is 0.316 e. The van der Waals surface area contributed by atoms with Crippen molar-refractivity contribution in [2.24, 2.45) is 5.92 Å². The Labute approximate surface area is 99.0 Å². The first-order valence-corrected chi connectivity index (χ1v) is 5.93. The lowest BCUT2D eigenvalue weighted by Gasteiger charge is -2.24. The molecule has 1 aromatic carbocycles. The zero-order valence-corrected chi connectivity index (χ0v) is 9.56. The molecule has 1 heterocycles. The van der Waals surface area contributed by atoms with E-state index in [1.54, 1.807) is 12.1 Å². The van der Waals surface area contributed by atoms with Gasteiger partial charge in [-0.15, -0.1) is 0 Å². The Morgan fingerprint density at radius 2 is 2.00 bits per heavy atom. The van der Waals surface area contributed by atoms with Gasteiger partial charge in [-0.05, 0) is 49.9 Å². The first kappa shape index (κ1) is 12.4. The van der Waals surface area contributed by atoms with E-state index < -0.39 is 11.7 Å². The molecule has 1 nitrogen and oxygen atoms in total. The van der Waals surface area contributed by atoms with E-state index in [1.165, 1.54) is 12.1 Å². The van der Waals surface area contributed by atoms with Crippen LogP contribution in [0.5, 0.6) is 0 Å². The molecule has 1 aliphatic heterocycles. The molecule has 1 saturated heterocycles. The molecule has 0 spiro atoms. The lowest BCUT2D eigenvalue weighted by Crippen LogP contribution is -2.31. The summed E-state index contributed by atoms with van der Waals surface area (Å²) in [7, 11) is 0. The Hall–Kier alpha value is -1.03. The van der Waals surface area contributed by atoms with Crippen molar-refractivity contribution in [3.05, 3.63) is 35.4 Å². The average Bonchev–Trinajstić information content (AvgIpc) is 2.30. The van der Waals surface area contributed by atoms with E-state index in [9.17, 15) is 13.2 Å². The van der Waals surface area contributed by atoms with E-state index in [0.29, 0.717) is 17.9 Å². The fraction of sp³-hybridized carbons (Fsp3) is 0.538. The van der Waals surface area contributed by atoms with E-state index >= 15 is 0 Å². The van der Waals surface area contributed by atoms with Crippen molar-refractivity contribution in [2.45, 2.75) is 25.4 Å². The van der Waals surface area contributed by atoms with Gasteiger partial charge in [-0.3, -0.25) is 0 Å². The highest BCUT2D eigenvalue weighted by atomic mass is 19.4. The molecule has 1 aliphatic rings. The molecule has 2 rings (SSSR count). The molecule has 17 heavy (non-hydrogen) atoms. The predicted molar refractivity (Wildman–Crippen MR) is 60.7 cm³/mol. The van der Waals surface area contributed by atoms with Crippen LogP contribution in [0.2, 0.25) is 0 Å². The number of rotatable bonds is 2. The molecule has 1 fully saturated rings. The maximum absolute atomic E-state index is 12.8. The highest BCUT2D eigenvalue weighted by Crippen LogP contribution is 2.33. The quantitative estimate of drug-likeness (QED) is 0.840. The first-order valence-electron chi connectivity index (χ1n) is 5.93. The zero-order chi connectivity index (χ0) is 12.3. The van der Waals surface area contributed by atoms with E-state index in [-0.39, 0.29) is 0 Å². The van der Waals surface area contributed by atoms with Crippen LogP contribution in [-0.4, -0.2) is 13.1 Å². The lowest BCUT2D eigenvalue weighted by atomic mass is 9.90. The van der Waals surface area contributed by atoms with E-state index in [4.69, 9.17) is 0 Å². The Morgan fingerprint density at radius 3 is 2.65 bits per heavy atom. The van der Waals surface area contributed by atoms with Gasteiger partial charge in [-0.2, -0.15) is 13.2 Å². The summed E-state index contributed by atoms with van der Waals surface area (Å²) in [6, 6.07) is 5.90. The van der Waals surface area contributed by atoms with Crippen molar-refractivity contribution in [3.8, 4) is 0 Å². The molecule has 1 N–H and O–H groups in total. The second-order valence-corrected chi connectivity index (χ2v) is 4.57. The van der Waals surface area contributed by atoms with Crippen molar-refractivity contribution in [3.63, 3.8) is 0 Å². The van der Waals surface area contributed by atoms with Crippen LogP contribution in [0.15, 0.2) is 24.3 Å². The summed E-state index contributed by atoms with van der Waals surface area (Å²) in [5.74, 6) is 0.326. The number of alkyl halides is 3. The second kappa shape index (κ2) is 5.08. The number of nitrogens with one attached hydrogen (secondary N) is 1. The molecule has 1 aromatic rings. The predicted octanol–water partition coefficient (Wildman–Crippen LogP) is 3.25. The first-order chi connectivity index (χ1) is 8.07. The largest absolute Gasteiger partial charge is 0.416 e. The molecule has 1 unspecified atom stereocenters. The van der Waals surface area contributed by atoms with Crippen LogP contribution >= 0.6 is 0 Å². The van der Waals surface area contributed by atoms with Crippen LogP contribution in [0.25, 0.3) is 0 Å². The molecular weight excluding hydrogens is 227 g/mol. The molecule has 0 saturated carbocycles. The van der Waals surface area contributed by atoms with Gasteiger partial charge >= 0.3 is 6.18 Å². The average molecular weight is 243 g/mol. The molecule has 94 valence electrons. The molecule has 0 bridgehead atoms. The third kappa shape index (κ3) is 3.22. The van der Waals surface area contributed by atoms with Crippen molar-refractivity contribution in [2.75, 3.05) is 13.1 Å². The monoisotopic (exact) mass is 243 g/mol. The lowest BCUT2D eigenvalue weighted by molar-refractivity contribution is -0.138. The normalized spacial score (nSPS) is 21.5. The Bertz CT molecular complexity index is 367. The Morgan fingerprint density at radius 1 is 1.24 bits per heavy atom. The molecule has 0 aromatic heterocycles.